The molecule has 4 heteroatoms. The fourth-order valence-electron chi connectivity index (χ4n) is 1.05. The molecular weight excluding hydrogens is 166 g/mol. The monoisotopic (exact) mass is 181 g/mol. The molecule has 0 saturated carbocycles. The molecule has 1 atom stereocenters. The maximum absolute atomic E-state index is 11.3. The van der Waals surface area contributed by atoms with Crippen molar-refractivity contribution in [2.24, 2.45) is 5.92 Å². The summed E-state index contributed by atoms with van der Waals surface area (Å²) in [5, 5.41) is 0. The van der Waals surface area contributed by atoms with Crippen LogP contribution in [0.25, 0.3) is 0 Å². The van der Waals surface area contributed by atoms with E-state index in [0.29, 0.717) is 12.5 Å². The van der Waals surface area contributed by atoms with Crippen molar-refractivity contribution in [3.63, 3.8) is 0 Å². The first-order chi connectivity index (χ1) is 6.13. The molecule has 72 valence electrons. The summed E-state index contributed by atoms with van der Waals surface area (Å²) in [5.74, 6) is 0.772. The number of nitrogens with two attached hydrogens (primary N) is 1. The van der Waals surface area contributed by atoms with Gasteiger partial charge in [0.25, 0.3) is 0 Å². The van der Waals surface area contributed by atoms with Gasteiger partial charge >= 0.3 is 5.69 Å². The highest BCUT2D eigenvalue weighted by molar-refractivity contribution is 5.23. The second-order valence-electron chi connectivity index (χ2n) is 3.30. The van der Waals surface area contributed by atoms with Gasteiger partial charge in [0.2, 0.25) is 0 Å². The van der Waals surface area contributed by atoms with E-state index in [4.69, 9.17) is 5.73 Å². The zero-order chi connectivity index (χ0) is 9.84. The molecular formula is C9H15N3O. The Morgan fingerprint density at radius 3 is 2.92 bits per heavy atom. The Hall–Kier alpha value is -1.32. The lowest BCUT2D eigenvalue weighted by Gasteiger charge is -2.09. The average molecular weight is 181 g/mol. The van der Waals surface area contributed by atoms with Gasteiger partial charge < -0.3 is 5.73 Å². The van der Waals surface area contributed by atoms with Gasteiger partial charge in [0.1, 0.15) is 5.82 Å². The van der Waals surface area contributed by atoms with Crippen molar-refractivity contribution in [3.05, 3.63) is 22.7 Å². The summed E-state index contributed by atoms with van der Waals surface area (Å²) in [6.45, 7) is 4.91. The van der Waals surface area contributed by atoms with Gasteiger partial charge in [-0.25, -0.2) is 4.79 Å². The topological polar surface area (TPSA) is 60.9 Å². The molecule has 0 saturated heterocycles. The van der Waals surface area contributed by atoms with Gasteiger partial charge in [0, 0.05) is 12.7 Å². The highest BCUT2D eigenvalue weighted by Gasteiger charge is 2.02. The van der Waals surface area contributed by atoms with Crippen LogP contribution >= 0.6 is 0 Å². The van der Waals surface area contributed by atoms with E-state index >= 15 is 0 Å². The summed E-state index contributed by atoms with van der Waals surface area (Å²) in [6, 6.07) is 1.64. The quantitative estimate of drug-likeness (QED) is 0.752. The van der Waals surface area contributed by atoms with Gasteiger partial charge in [0.15, 0.2) is 0 Å². The number of nitrogen functional groups attached to an aromatic ring is 1. The summed E-state index contributed by atoms with van der Waals surface area (Å²) in [6.07, 6.45) is 2.74. The van der Waals surface area contributed by atoms with E-state index in [0.717, 1.165) is 6.42 Å². The molecule has 0 fully saturated rings. The van der Waals surface area contributed by atoms with Crippen molar-refractivity contribution >= 4 is 5.82 Å². The number of hydrogen-bond acceptors (Lipinski definition) is 3. The van der Waals surface area contributed by atoms with Crippen molar-refractivity contribution < 1.29 is 0 Å². The minimum Gasteiger partial charge on any atom is -0.383 e. The minimum atomic E-state index is -0.264. The lowest BCUT2D eigenvalue weighted by atomic mass is 10.1. The Bertz CT molecular complexity index is 332. The molecule has 0 aliphatic heterocycles. The third-order valence-corrected chi connectivity index (χ3v) is 2.10. The standard InChI is InChI=1S/C9H15N3O/c1-3-7(2)6-12-5-4-8(10)11-9(12)13/h4-5,7H,3,6H2,1-2H3,(H2,10,11,13). The van der Waals surface area contributed by atoms with E-state index in [2.05, 4.69) is 18.8 Å². The van der Waals surface area contributed by atoms with Crippen molar-refractivity contribution in [2.45, 2.75) is 26.8 Å². The van der Waals surface area contributed by atoms with E-state index in [1.165, 1.54) is 0 Å². The van der Waals surface area contributed by atoms with Crippen molar-refractivity contribution in [2.75, 3.05) is 5.73 Å². The fourth-order valence-corrected chi connectivity index (χ4v) is 1.05. The van der Waals surface area contributed by atoms with Crippen LogP contribution in [0.1, 0.15) is 20.3 Å². The second-order valence-corrected chi connectivity index (χ2v) is 3.30. The van der Waals surface area contributed by atoms with Gasteiger partial charge in [-0.2, -0.15) is 4.98 Å². The van der Waals surface area contributed by atoms with E-state index in [1.807, 2.05) is 0 Å². The number of rotatable bonds is 3. The smallest absolute Gasteiger partial charge is 0.349 e. The van der Waals surface area contributed by atoms with Crippen LogP contribution in [0.4, 0.5) is 5.82 Å². The van der Waals surface area contributed by atoms with Gasteiger partial charge in [-0.15, -0.1) is 0 Å². The Kier molecular flexibility index (Phi) is 3.06. The summed E-state index contributed by atoms with van der Waals surface area (Å²) < 4.78 is 1.59. The molecule has 0 aliphatic carbocycles. The molecule has 1 rings (SSSR count). The molecule has 0 bridgehead atoms. The van der Waals surface area contributed by atoms with Gasteiger partial charge in [-0.3, -0.25) is 4.57 Å². The Labute approximate surface area is 77.4 Å². The van der Waals surface area contributed by atoms with E-state index in [-0.39, 0.29) is 11.5 Å². The Morgan fingerprint density at radius 2 is 2.38 bits per heavy atom. The summed E-state index contributed by atoms with van der Waals surface area (Å²) in [4.78, 5) is 14.9. The van der Waals surface area contributed by atoms with Crippen LogP contribution in [0.5, 0.6) is 0 Å². The number of nitrogens with zero attached hydrogens (tertiary/aromatic N) is 2. The van der Waals surface area contributed by atoms with E-state index < -0.39 is 0 Å². The molecule has 1 unspecified atom stereocenters. The molecule has 1 aromatic heterocycles. The maximum Gasteiger partial charge on any atom is 0.349 e. The van der Waals surface area contributed by atoms with Crippen LogP contribution in [0.2, 0.25) is 0 Å². The largest absolute Gasteiger partial charge is 0.383 e. The summed E-state index contributed by atoms with van der Waals surface area (Å²) in [5.41, 5.74) is 5.10. The first-order valence-corrected chi connectivity index (χ1v) is 4.46. The van der Waals surface area contributed by atoms with Crippen LogP contribution in [0, 0.1) is 5.92 Å². The molecule has 13 heavy (non-hydrogen) atoms. The van der Waals surface area contributed by atoms with Crippen LogP contribution in [-0.2, 0) is 6.54 Å². The summed E-state index contributed by atoms with van der Waals surface area (Å²) in [7, 11) is 0. The third-order valence-electron chi connectivity index (χ3n) is 2.10. The molecule has 0 amide bonds. The maximum atomic E-state index is 11.3. The second kappa shape index (κ2) is 4.07. The van der Waals surface area contributed by atoms with Crippen molar-refractivity contribution in [3.8, 4) is 0 Å². The summed E-state index contributed by atoms with van der Waals surface area (Å²) >= 11 is 0. The molecule has 0 aromatic carbocycles. The molecule has 0 radical (unpaired) electrons. The Morgan fingerprint density at radius 1 is 1.69 bits per heavy atom. The fraction of sp³-hybridized carbons (Fsp3) is 0.556. The first kappa shape index (κ1) is 9.77. The molecule has 0 aliphatic rings. The predicted octanol–water partition coefficient (Wildman–Crippen LogP) is 0.872. The normalized spacial score (nSPS) is 12.8. The SMILES string of the molecule is CCC(C)Cn1ccc(N)nc1=O. The number of anilines is 1. The van der Waals surface area contributed by atoms with Gasteiger partial charge in [-0.05, 0) is 12.0 Å². The van der Waals surface area contributed by atoms with E-state index in [9.17, 15) is 4.79 Å². The van der Waals surface area contributed by atoms with Crippen LogP contribution in [0.15, 0.2) is 17.1 Å². The zero-order valence-corrected chi connectivity index (χ0v) is 8.03. The average Bonchev–Trinajstić information content (AvgIpc) is 2.09. The molecule has 0 spiro atoms. The van der Waals surface area contributed by atoms with Crippen LogP contribution in [0.3, 0.4) is 0 Å². The first-order valence-electron chi connectivity index (χ1n) is 4.46. The van der Waals surface area contributed by atoms with Gasteiger partial charge in [-0.1, -0.05) is 20.3 Å². The third kappa shape index (κ3) is 2.57. The Balaban J connectivity index is 2.84. The highest BCUT2D eigenvalue weighted by Crippen LogP contribution is 2.02. The van der Waals surface area contributed by atoms with Crippen LogP contribution < -0.4 is 11.4 Å². The van der Waals surface area contributed by atoms with Gasteiger partial charge in [0.05, 0.1) is 0 Å². The van der Waals surface area contributed by atoms with Crippen molar-refractivity contribution in [1.82, 2.24) is 9.55 Å². The molecule has 4 nitrogen and oxygen atoms in total. The van der Waals surface area contributed by atoms with Crippen LogP contribution in [-0.4, -0.2) is 9.55 Å². The zero-order valence-electron chi connectivity index (χ0n) is 8.03. The number of aromatic nitrogens is 2. The predicted molar refractivity (Wildman–Crippen MR) is 52.4 cm³/mol. The number of hydrogen-bond donors (Lipinski definition) is 1. The molecule has 1 aromatic rings. The van der Waals surface area contributed by atoms with Crippen molar-refractivity contribution in [1.29, 1.82) is 0 Å². The molecule has 1 heterocycles. The lowest BCUT2D eigenvalue weighted by molar-refractivity contribution is 0.455. The molecule has 2 N–H and O–H groups in total. The lowest BCUT2D eigenvalue weighted by Crippen LogP contribution is -2.25. The van der Waals surface area contributed by atoms with E-state index in [1.54, 1.807) is 16.8 Å². The highest BCUT2D eigenvalue weighted by atomic mass is 16.1. The minimum absolute atomic E-state index is 0.264.